The molecule has 1 aliphatic rings. The van der Waals surface area contributed by atoms with E-state index in [-0.39, 0.29) is 29.9 Å². The van der Waals surface area contributed by atoms with E-state index in [1.54, 1.807) is 12.1 Å². The molecule has 0 aromatic heterocycles. The van der Waals surface area contributed by atoms with Crippen LogP contribution in [0.25, 0.3) is 0 Å². The van der Waals surface area contributed by atoms with Crippen molar-refractivity contribution in [2.45, 2.75) is 45.9 Å². The van der Waals surface area contributed by atoms with Gasteiger partial charge in [0.05, 0.1) is 13.2 Å². The van der Waals surface area contributed by atoms with E-state index < -0.39 is 5.82 Å². The lowest BCUT2D eigenvalue weighted by Crippen LogP contribution is -2.41. The van der Waals surface area contributed by atoms with Gasteiger partial charge in [-0.3, -0.25) is 10.1 Å². The fraction of sp³-hybridized carbons (Fsp3) is 0.562. The van der Waals surface area contributed by atoms with Crippen molar-refractivity contribution in [3.63, 3.8) is 0 Å². The quantitative estimate of drug-likeness (QED) is 0.928. The van der Waals surface area contributed by atoms with Gasteiger partial charge in [0.2, 0.25) is 5.91 Å². The van der Waals surface area contributed by atoms with Gasteiger partial charge < -0.3 is 9.64 Å². The van der Waals surface area contributed by atoms with Gasteiger partial charge in [0.15, 0.2) is 11.6 Å². The maximum absolute atomic E-state index is 13.9. The van der Waals surface area contributed by atoms with Gasteiger partial charge in [-0.15, -0.1) is 0 Å². The van der Waals surface area contributed by atoms with Gasteiger partial charge in [-0.25, -0.2) is 4.39 Å². The summed E-state index contributed by atoms with van der Waals surface area (Å²) in [5.74, 6) is 0.171. The molecule has 1 aliphatic heterocycles. The highest BCUT2D eigenvalue weighted by Gasteiger charge is 2.40. The molecule has 1 amide bonds. The summed E-state index contributed by atoms with van der Waals surface area (Å²) in [4.78, 5) is 14.2. The molecule has 0 radical (unpaired) electrons. The number of amides is 1. The van der Waals surface area contributed by atoms with Gasteiger partial charge in [-0.05, 0) is 37.5 Å². The van der Waals surface area contributed by atoms with Gasteiger partial charge in [0, 0.05) is 6.04 Å². The molecule has 1 saturated heterocycles. The summed E-state index contributed by atoms with van der Waals surface area (Å²) in [7, 11) is 1.44. The van der Waals surface area contributed by atoms with Crippen molar-refractivity contribution in [3.05, 3.63) is 29.6 Å². The van der Waals surface area contributed by atoms with E-state index >= 15 is 0 Å². The Bertz CT molecular complexity index is 533. The molecule has 5 heteroatoms. The zero-order chi connectivity index (χ0) is 15.7. The number of rotatable bonds is 4. The maximum atomic E-state index is 13.9. The van der Waals surface area contributed by atoms with Crippen molar-refractivity contribution in [2.24, 2.45) is 5.92 Å². The minimum atomic E-state index is -0.416. The number of methoxy groups -OCH3 is 1. The number of nitrogens with zero attached hydrogens (tertiary/aromatic N) is 1. The number of ether oxygens (including phenoxy) is 1. The lowest BCUT2D eigenvalue weighted by atomic mass is 10.0. The summed E-state index contributed by atoms with van der Waals surface area (Å²) >= 11 is 0. The molecule has 3 unspecified atom stereocenters. The Morgan fingerprint density at radius 3 is 2.52 bits per heavy atom. The number of benzene rings is 1. The third-order valence-corrected chi connectivity index (χ3v) is 4.21. The van der Waals surface area contributed by atoms with Crippen molar-refractivity contribution < 1.29 is 13.9 Å². The van der Waals surface area contributed by atoms with Crippen molar-refractivity contribution in [2.75, 3.05) is 7.11 Å². The normalized spacial score (nSPS) is 23.8. The number of hydrogen-bond acceptors (Lipinski definition) is 3. The molecule has 1 fully saturated rings. The number of carbonyl (C=O) groups excluding carboxylic acids is 1. The molecule has 116 valence electrons. The van der Waals surface area contributed by atoms with E-state index in [1.807, 2.05) is 18.7 Å². The Balaban J connectivity index is 2.36. The second-order valence-electron chi connectivity index (χ2n) is 5.92. The Kier molecular flexibility index (Phi) is 4.52. The van der Waals surface area contributed by atoms with Crippen LogP contribution in [0.5, 0.6) is 5.75 Å². The molecule has 3 atom stereocenters. The third kappa shape index (κ3) is 2.88. The van der Waals surface area contributed by atoms with Crippen molar-refractivity contribution in [1.29, 1.82) is 0 Å². The lowest BCUT2D eigenvalue weighted by Gasteiger charge is -2.33. The standard InChI is InChI=1S/C16H23FN2O2/c1-9(2)11(4)19-15(18-10(3)16(19)20)12-6-7-14(21-5)13(17)8-12/h6-11,15,18H,1-5H3. The molecule has 0 saturated carbocycles. The molecule has 0 spiro atoms. The average molecular weight is 294 g/mol. The summed E-state index contributed by atoms with van der Waals surface area (Å²) in [6.07, 6.45) is -0.301. The molecular formula is C16H23FN2O2. The smallest absolute Gasteiger partial charge is 0.241 e. The number of carbonyl (C=O) groups is 1. The Morgan fingerprint density at radius 2 is 2.00 bits per heavy atom. The van der Waals surface area contributed by atoms with Crippen molar-refractivity contribution in [1.82, 2.24) is 10.2 Å². The molecule has 0 bridgehead atoms. The van der Waals surface area contributed by atoms with Crippen LogP contribution >= 0.6 is 0 Å². The highest BCUT2D eigenvalue weighted by atomic mass is 19.1. The second-order valence-corrected chi connectivity index (χ2v) is 5.92. The largest absolute Gasteiger partial charge is 0.494 e. The topological polar surface area (TPSA) is 41.6 Å². The first-order chi connectivity index (χ1) is 9.86. The van der Waals surface area contributed by atoms with Crippen LogP contribution in [0.3, 0.4) is 0 Å². The molecular weight excluding hydrogens is 271 g/mol. The summed E-state index contributed by atoms with van der Waals surface area (Å²) in [5.41, 5.74) is 0.735. The minimum Gasteiger partial charge on any atom is -0.494 e. The number of nitrogens with one attached hydrogen (secondary N) is 1. The van der Waals surface area contributed by atoms with Crippen LogP contribution in [0.2, 0.25) is 0 Å². The van der Waals surface area contributed by atoms with Crippen LogP contribution in [-0.4, -0.2) is 30.0 Å². The predicted molar refractivity (Wildman–Crippen MR) is 79.4 cm³/mol. The Labute approximate surface area is 125 Å². The van der Waals surface area contributed by atoms with Crippen LogP contribution in [0.4, 0.5) is 4.39 Å². The van der Waals surface area contributed by atoms with Crippen LogP contribution in [-0.2, 0) is 4.79 Å². The van der Waals surface area contributed by atoms with Gasteiger partial charge >= 0.3 is 0 Å². The molecule has 1 N–H and O–H groups in total. The van der Waals surface area contributed by atoms with Gasteiger partial charge in [0.1, 0.15) is 6.17 Å². The highest BCUT2D eigenvalue weighted by Crippen LogP contribution is 2.31. The van der Waals surface area contributed by atoms with Gasteiger partial charge in [0.25, 0.3) is 0 Å². The van der Waals surface area contributed by atoms with E-state index in [1.165, 1.54) is 13.2 Å². The first kappa shape index (κ1) is 15.8. The summed E-state index contributed by atoms with van der Waals surface area (Å²) in [6, 6.07) is 4.64. The zero-order valence-corrected chi connectivity index (χ0v) is 13.2. The monoisotopic (exact) mass is 294 g/mol. The number of hydrogen-bond donors (Lipinski definition) is 1. The maximum Gasteiger partial charge on any atom is 0.241 e. The van der Waals surface area contributed by atoms with Gasteiger partial charge in [-0.2, -0.15) is 0 Å². The van der Waals surface area contributed by atoms with E-state index in [2.05, 4.69) is 19.2 Å². The first-order valence-corrected chi connectivity index (χ1v) is 7.28. The fourth-order valence-corrected chi connectivity index (χ4v) is 2.61. The van der Waals surface area contributed by atoms with E-state index in [9.17, 15) is 9.18 Å². The highest BCUT2D eigenvalue weighted by molar-refractivity contribution is 5.84. The molecule has 21 heavy (non-hydrogen) atoms. The fourth-order valence-electron chi connectivity index (χ4n) is 2.61. The minimum absolute atomic E-state index is 0.0532. The summed E-state index contributed by atoms with van der Waals surface area (Å²) < 4.78 is 18.9. The predicted octanol–water partition coefficient (Wildman–Crippen LogP) is 2.70. The van der Waals surface area contributed by atoms with Gasteiger partial charge in [-0.1, -0.05) is 19.9 Å². The second kappa shape index (κ2) is 6.02. The van der Waals surface area contributed by atoms with Crippen LogP contribution in [0.15, 0.2) is 18.2 Å². The zero-order valence-electron chi connectivity index (χ0n) is 13.2. The van der Waals surface area contributed by atoms with E-state index in [4.69, 9.17) is 4.74 Å². The molecule has 1 aromatic rings. The molecule has 2 rings (SSSR count). The molecule has 1 aromatic carbocycles. The Hall–Kier alpha value is -1.62. The van der Waals surface area contributed by atoms with Crippen LogP contribution < -0.4 is 10.1 Å². The Morgan fingerprint density at radius 1 is 1.33 bits per heavy atom. The number of halogens is 1. The SMILES string of the molecule is COc1ccc(C2NC(C)C(=O)N2C(C)C(C)C)cc1F. The van der Waals surface area contributed by atoms with Crippen molar-refractivity contribution >= 4 is 5.91 Å². The average Bonchev–Trinajstić information content (AvgIpc) is 2.74. The lowest BCUT2D eigenvalue weighted by molar-refractivity contribution is -0.132. The van der Waals surface area contributed by atoms with E-state index in [0.29, 0.717) is 5.92 Å². The van der Waals surface area contributed by atoms with Crippen LogP contribution in [0, 0.1) is 11.7 Å². The molecule has 1 heterocycles. The molecule has 0 aliphatic carbocycles. The van der Waals surface area contributed by atoms with Crippen molar-refractivity contribution in [3.8, 4) is 5.75 Å². The summed E-state index contributed by atoms with van der Waals surface area (Å²) in [5, 5.41) is 3.24. The molecule has 4 nitrogen and oxygen atoms in total. The summed E-state index contributed by atoms with van der Waals surface area (Å²) in [6.45, 7) is 8.01. The third-order valence-electron chi connectivity index (χ3n) is 4.21. The van der Waals surface area contributed by atoms with Crippen LogP contribution in [0.1, 0.15) is 39.4 Å². The van der Waals surface area contributed by atoms with E-state index in [0.717, 1.165) is 5.56 Å². The first-order valence-electron chi connectivity index (χ1n) is 7.28.